The van der Waals surface area contributed by atoms with Crippen LogP contribution in [-0.4, -0.2) is 18.6 Å². The molecule has 0 bridgehead atoms. The molecule has 1 fully saturated rings. The lowest BCUT2D eigenvalue weighted by molar-refractivity contribution is -0.117. The van der Waals surface area contributed by atoms with E-state index in [9.17, 15) is 13.6 Å². The second kappa shape index (κ2) is 8.27. The highest BCUT2D eigenvalue weighted by atomic mass is 79.9. The zero-order chi connectivity index (χ0) is 15.9. The van der Waals surface area contributed by atoms with Crippen LogP contribution in [0, 0.1) is 0 Å². The first-order valence-corrected chi connectivity index (χ1v) is 8.07. The highest BCUT2D eigenvalue weighted by Crippen LogP contribution is 2.26. The molecule has 1 aromatic carbocycles. The summed E-state index contributed by atoms with van der Waals surface area (Å²) < 4.78 is 29.9. The van der Waals surface area contributed by atoms with Crippen molar-refractivity contribution in [3.05, 3.63) is 34.3 Å². The molecule has 2 rings (SSSR count). The number of benzene rings is 1. The summed E-state index contributed by atoms with van der Waals surface area (Å²) in [6.45, 7) is -2.90. The zero-order valence-electron chi connectivity index (χ0n) is 12.0. The van der Waals surface area contributed by atoms with E-state index in [2.05, 4.69) is 26.0 Å². The van der Waals surface area contributed by atoms with Crippen LogP contribution in [0.3, 0.4) is 0 Å². The molecule has 0 radical (unpaired) electrons. The molecular weight excluding hydrogens is 356 g/mol. The van der Waals surface area contributed by atoms with E-state index in [4.69, 9.17) is 0 Å². The Morgan fingerprint density at radius 1 is 1.32 bits per heavy atom. The average Bonchev–Trinajstić information content (AvgIpc) is 2.48. The Morgan fingerprint density at radius 2 is 2.05 bits per heavy atom. The molecule has 1 aromatic rings. The van der Waals surface area contributed by atoms with E-state index in [-0.39, 0.29) is 17.7 Å². The van der Waals surface area contributed by atoms with Gasteiger partial charge in [0.15, 0.2) is 0 Å². The van der Waals surface area contributed by atoms with E-state index < -0.39 is 6.61 Å². The second-order valence-corrected chi connectivity index (χ2v) is 6.15. The van der Waals surface area contributed by atoms with Crippen LogP contribution in [0.1, 0.15) is 37.7 Å². The van der Waals surface area contributed by atoms with Crippen molar-refractivity contribution in [1.82, 2.24) is 5.32 Å². The van der Waals surface area contributed by atoms with Crippen LogP contribution in [-0.2, 0) is 4.79 Å². The standard InChI is InChI=1S/C16H18BrF2NO2/c17-12-7-8-14(22-16(18)19)11(10-12)6-9-15(21)20-13-4-2-1-3-5-13/h6-10,13,16H,1-5H2,(H,20,21)/b9-6+. The number of alkyl halides is 2. The van der Waals surface area contributed by atoms with Crippen LogP contribution in [0.2, 0.25) is 0 Å². The van der Waals surface area contributed by atoms with Gasteiger partial charge in [-0.1, -0.05) is 35.2 Å². The van der Waals surface area contributed by atoms with Gasteiger partial charge >= 0.3 is 6.61 Å². The Hall–Kier alpha value is -1.43. The summed E-state index contributed by atoms with van der Waals surface area (Å²) >= 11 is 3.27. The molecule has 0 unspecified atom stereocenters. The van der Waals surface area contributed by atoms with Crippen molar-refractivity contribution in [3.63, 3.8) is 0 Å². The van der Waals surface area contributed by atoms with Gasteiger partial charge in [-0.15, -0.1) is 0 Å². The van der Waals surface area contributed by atoms with Crippen LogP contribution < -0.4 is 10.1 Å². The van der Waals surface area contributed by atoms with Gasteiger partial charge in [0.25, 0.3) is 0 Å². The van der Waals surface area contributed by atoms with Gasteiger partial charge in [-0.3, -0.25) is 4.79 Å². The first-order chi connectivity index (χ1) is 10.5. The van der Waals surface area contributed by atoms with E-state index in [1.54, 1.807) is 12.1 Å². The molecule has 22 heavy (non-hydrogen) atoms. The molecule has 0 heterocycles. The number of hydrogen-bond donors (Lipinski definition) is 1. The van der Waals surface area contributed by atoms with Crippen molar-refractivity contribution in [2.45, 2.75) is 44.8 Å². The normalized spacial score (nSPS) is 16.2. The SMILES string of the molecule is O=C(/C=C/c1cc(Br)ccc1OC(F)F)NC1CCCCC1. The second-order valence-electron chi connectivity index (χ2n) is 5.24. The molecule has 120 valence electrons. The van der Waals surface area contributed by atoms with Crippen molar-refractivity contribution in [2.24, 2.45) is 0 Å². The molecule has 3 nitrogen and oxygen atoms in total. The maximum atomic E-state index is 12.4. The average molecular weight is 374 g/mol. The summed E-state index contributed by atoms with van der Waals surface area (Å²) in [5.74, 6) is -0.171. The van der Waals surface area contributed by atoms with Crippen molar-refractivity contribution in [1.29, 1.82) is 0 Å². The fraction of sp³-hybridized carbons (Fsp3) is 0.438. The molecule has 0 aromatic heterocycles. The van der Waals surface area contributed by atoms with Crippen LogP contribution in [0.15, 0.2) is 28.7 Å². The van der Waals surface area contributed by atoms with Crippen molar-refractivity contribution in [3.8, 4) is 5.75 Å². The minimum atomic E-state index is -2.90. The molecule has 6 heteroatoms. The maximum absolute atomic E-state index is 12.4. The highest BCUT2D eigenvalue weighted by molar-refractivity contribution is 9.10. The summed E-state index contributed by atoms with van der Waals surface area (Å²) in [4.78, 5) is 11.9. The van der Waals surface area contributed by atoms with Crippen molar-refractivity contribution < 1.29 is 18.3 Å². The molecule has 0 atom stereocenters. The van der Waals surface area contributed by atoms with Gasteiger partial charge in [0.2, 0.25) is 5.91 Å². The number of amides is 1. The molecule has 0 aliphatic heterocycles. The third-order valence-electron chi connectivity index (χ3n) is 3.55. The fourth-order valence-corrected chi connectivity index (χ4v) is 2.89. The number of carbonyl (C=O) groups excluding carboxylic acids is 1. The molecule has 0 spiro atoms. The maximum Gasteiger partial charge on any atom is 0.387 e. The number of nitrogens with one attached hydrogen (secondary N) is 1. The number of carbonyl (C=O) groups is 1. The Labute approximate surface area is 136 Å². The van der Waals surface area contributed by atoms with E-state index in [1.165, 1.54) is 24.6 Å². The van der Waals surface area contributed by atoms with Crippen LogP contribution in [0.25, 0.3) is 6.08 Å². The van der Waals surface area contributed by atoms with Gasteiger partial charge in [-0.05, 0) is 37.1 Å². The topological polar surface area (TPSA) is 38.3 Å². The molecule has 1 amide bonds. The summed E-state index contributed by atoms with van der Waals surface area (Å²) in [7, 11) is 0. The highest BCUT2D eigenvalue weighted by Gasteiger charge is 2.14. The van der Waals surface area contributed by atoms with E-state index in [0.29, 0.717) is 5.56 Å². The monoisotopic (exact) mass is 373 g/mol. The third kappa shape index (κ3) is 5.40. The molecular formula is C16H18BrF2NO2. The molecule has 1 saturated carbocycles. The van der Waals surface area contributed by atoms with Crippen LogP contribution >= 0.6 is 15.9 Å². The number of halogens is 3. The predicted octanol–water partition coefficient (Wildman–Crippen LogP) is 4.51. The van der Waals surface area contributed by atoms with Gasteiger partial charge in [-0.25, -0.2) is 0 Å². The van der Waals surface area contributed by atoms with E-state index >= 15 is 0 Å². The van der Waals surface area contributed by atoms with Gasteiger partial charge < -0.3 is 10.1 Å². The minimum Gasteiger partial charge on any atom is -0.434 e. The summed E-state index contributed by atoms with van der Waals surface area (Å²) in [5.41, 5.74) is 0.425. The van der Waals surface area contributed by atoms with Gasteiger partial charge in [0.05, 0.1) is 0 Å². The Bertz CT molecular complexity index is 543. The predicted molar refractivity (Wildman–Crippen MR) is 84.8 cm³/mol. The van der Waals surface area contributed by atoms with Crippen LogP contribution in [0.5, 0.6) is 5.75 Å². The number of hydrogen-bond acceptors (Lipinski definition) is 2. The number of rotatable bonds is 5. The summed E-state index contributed by atoms with van der Waals surface area (Å²) in [5, 5.41) is 2.94. The Kier molecular flexibility index (Phi) is 6.36. The van der Waals surface area contributed by atoms with Crippen LogP contribution in [0.4, 0.5) is 8.78 Å². The fourth-order valence-electron chi connectivity index (χ4n) is 2.51. The van der Waals surface area contributed by atoms with Gasteiger partial charge in [0, 0.05) is 22.2 Å². The molecule has 0 saturated heterocycles. The molecule has 1 N–H and O–H groups in total. The first-order valence-electron chi connectivity index (χ1n) is 7.27. The smallest absolute Gasteiger partial charge is 0.387 e. The van der Waals surface area contributed by atoms with Gasteiger partial charge in [-0.2, -0.15) is 8.78 Å². The zero-order valence-corrected chi connectivity index (χ0v) is 13.6. The first kappa shape index (κ1) is 16.9. The third-order valence-corrected chi connectivity index (χ3v) is 4.05. The summed E-state index contributed by atoms with van der Waals surface area (Å²) in [6, 6.07) is 4.89. The molecule has 1 aliphatic carbocycles. The van der Waals surface area contributed by atoms with E-state index in [0.717, 1.165) is 30.2 Å². The largest absolute Gasteiger partial charge is 0.434 e. The lowest BCUT2D eigenvalue weighted by Crippen LogP contribution is -2.34. The lowest BCUT2D eigenvalue weighted by Gasteiger charge is -2.21. The Balaban J connectivity index is 2.01. The van der Waals surface area contributed by atoms with Crippen molar-refractivity contribution in [2.75, 3.05) is 0 Å². The molecule has 1 aliphatic rings. The van der Waals surface area contributed by atoms with Crippen molar-refractivity contribution >= 4 is 27.9 Å². The summed E-state index contributed by atoms with van der Waals surface area (Å²) in [6.07, 6.45) is 8.32. The minimum absolute atomic E-state index is 0.0416. The van der Waals surface area contributed by atoms with Gasteiger partial charge in [0.1, 0.15) is 5.75 Å². The lowest BCUT2D eigenvalue weighted by atomic mass is 9.95. The number of ether oxygens (including phenoxy) is 1. The van der Waals surface area contributed by atoms with E-state index in [1.807, 2.05) is 0 Å². The quantitative estimate of drug-likeness (QED) is 0.770. The Morgan fingerprint density at radius 3 is 2.73 bits per heavy atom.